The van der Waals surface area contributed by atoms with Gasteiger partial charge in [0.2, 0.25) is 0 Å². The molecule has 0 aliphatic heterocycles. The van der Waals surface area contributed by atoms with Gasteiger partial charge in [0.1, 0.15) is 17.3 Å². The molecule has 2 aromatic heterocycles. The van der Waals surface area contributed by atoms with Crippen LogP contribution < -0.4 is 5.32 Å². The number of hydrogen-bond acceptors (Lipinski definition) is 4. The molecule has 1 aromatic carbocycles. The number of hydrogen-bond donors (Lipinski definition) is 1. The van der Waals surface area contributed by atoms with E-state index in [4.69, 9.17) is 11.6 Å². The monoisotopic (exact) mass is 273 g/mol. The maximum Gasteiger partial charge on any atom is 0.255 e. The van der Waals surface area contributed by atoms with Gasteiger partial charge in [-0.25, -0.2) is 0 Å². The highest BCUT2D eigenvalue weighted by Crippen LogP contribution is 2.25. The average Bonchev–Trinajstić information content (AvgIpc) is 2.83. The molecule has 0 amide bonds. The van der Waals surface area contributed by atoms with Gasteiger partial charge in [-0.1, -0.05) is 23.7 Å². The first-order valence-corrected chi connectivity index (χ1v) is 6.22. The molecule has 0 radical (unpaired) electrons. The SMILES string of the molecule is Cc1cccc(Nc2c(C)c(Cl)nc3ncnn23)c1. The first-order valence-electron chi connectivity index (χ1n) is 5.84. The number of halogens is 1. The minimum absolute atomic E-state index is 0.427. The molecule has 19 heavy (non-hydrogen) atoms. The van der Waals surface area contributed by atoms with Crippen molar-refractivity contribution in [3.05, 3.63) is 46.9 Å². The number of fused-ring (bicyclic) bond motifs is 1. The van der Waals surface area contributed by atoms with Gasteiger partial charge >= 0.3 is 0 Å². The van der Waals surface area contributed by atoms with Crippen LogP contribution in [0.5, 0.6) is 0 Å². The molecule has 3 rings (SSSR count). The molecule has 0 unspecified atom stereocenters. The van der Waals surface area contributed by atoms with E-state index in [1.807, 2.05) is 32.0 Å². The zero-order chi connectivity index (χ0) is 13.4. The molecule has 0 spiro atoms. The lowest BCUT2D eigenvalue weighted by atomic mass is 10.2. The molecule has 2 heterocycles. The van der Waals surface area contributed by atoms with Crippen LogP contribution in [0.3, 0.4) is 0 Å². The summed E-state index contributed by atoms with van der Waals surface area (Å²) in [5.74, 6) is 1.25. The Hall–Kier alpha value is -2.14. The molecule has 0 atom stereocenters. The standard InChI is InChI=1S/C13H12ClN5/c1-8-4-3-5-10(6-8)17-12-9(2)11(14)18-13-15-7-16-19(12)13/h3-7,17H,1-2H3. The predicted molar refractivity (Wildman–Crippen MR) is 75.0 cm³/mol. The molecule has 0 saturated heterocycles. The van der Waals surface area contributed by atoms with Gasteiger partial charge in [0, 0.05) is 11.3 Å². The van der Waals surface area contributed by atoms with Crippen LogP contribution in [0.15, 0.2) is 30.6 Å². The highest BCUT2D eigenvalue weighted by atomic mass is 35.5. The summed E-state index contributed by atoms with van der Waals surface area (Å²) < 4.78 is 1.64. The van der Waals surface area contributed by atoms with Crippen molar-refractivity contribution in [1.82, 2.24) is 19.6 Å². The van der Waals surface area contributed by atoms with Crippen LogP contribution >= 0.6 is 11.6 Å². The molecule has 6 heteroatoms. The van der Waals surface area contributed by atoms with Crippen molar-refractivity contribution >= 4 is 28.9 Å². The van der Waals surface area contributed by atoms with Gasteiger partial charge in [-0.05, 0) is 31.5 Å². The number of benzene rings is 1. The minimum atomic E-state index is 0.427. The van der Waals surface area contributed by atoms with Gasteiger partial charge in [-0.3, -0.25) is 0 Å². The molecule has 0 saturated carbocycles. The average molecular weight is 274 g/mol. The number of nitrogens with zero attached hydrogens (tertiary/aromatic N) is 4. The Bertz CT molecular complexity index is 750. The lowest BCUT2D eigenvalue weighted by Crippen LogP contribution is -2.05. The van der Waals surface area contributed by atoms with E-state index >= 15 is 0 Å². The Balaban J connectivity index is 2.14. The van der Waals surface area contributed by atoms with E-state index in [1.165, 1.54) is 11.9 Å². The van der Waals surface area contributed by atoms with E-state index in [0.29, 0.717) is 10.9 Å². The van der Waals surface area contributed by atoms with E-state index in [2.05, 4.69) is 26.4 Å². The van der Waals surface area contributed by atoms with Crippen LogP contribution in [0.2, 0.25) is 5.15 Å². The Morgan fingerprint density at radius 3 is 2.89 bits per heavy atom. The van der Waals surface area contributed by atoms with Crippen LogP contribution in [0.4, 0.5) is 11.5 Å². The normalized spacial score (nSPS) is 10.9. The maximum absolute atomic E-state index is 6.11. The topological polar surface area (TPSA) is 55.1 Å². The molecule has 0 bridgehead atoms. The van der Waals surface area contributed by atoms with Gasteiger partial charge < -0.3 is 5.32 Å². The maximum atomic E-state index is 6.11. The van der Waals surface area contributed by atoms with Crippen LogP contribution in [-0.2, 0) is 0 Å². The molecule has 1 N–H and O–H groups in total. The second kappa shape index (κ2) is 4.51. The molecule has 96 valence electrons. The van der Waals surface area contributed by atoms with Crippen LogP contribution in [0, 0.1) is 13.8 Å². The molecule has 3 aromatic rings. The lowest BCUT2D eigenvalue weighted by Gasteiger charge is -2.12. The third-order valence-corrected chi connectivity index (χ3v) is 3.25. The van der Waals surface area contributed by atoms with Gasteiger partial charge in [0.25, 0.3) is 5.78 Å². The van der Waals surface area contributed by atoms with E-state index in [0.717, 1.165) is 17.1 Å². The summed E-state index contributed by atoms with van der Waals surface area (Å²) >= 11 is 6.11. The van der Waals surface area contributed by atoms with Crippen molar-refractivity contribution in [3.8, 4) is 0 Å². The minimum Gasteiger partial charge on any atom is -0.340 e. The van der Waals surface area contributed by atoms with Crippen molar-refractivity contribution in [2.75, 3.05) is 5.32 Å². The molecule has 0 fully saturated rings. The van der Waals surface area contributed by atoms with Crippen molar-refractivity contribution in [3.63, 3.8) is 0 Å². The van der Waals surface area contributed by atoms with Crippen LogP contribution in [0.1, 0.15) is 11.1 Å². The summed E-state index contributed by atoms with van der Waals surface area (Å²) in [6.45, 7) is 3.94. The van der Waals surface area contributed by atoms with E-state index < -0.39 is 0 Å². The van der Waals surface area contributed by atoms with Crippen molar-refractivity contribution in [2.45, 2.75) is 13.8 Å². The van der Waals surface area contributed by atoms with Crippen molar-refractivity contribution in [1.29, 1.82) is 0 Å². The summed E-state index contributed by atoms with van der Waals surface area (Å²) in [5, 5.41) is 7.91. The molecular formula is C13H12ClN5. The highest BCUT2D eigenvalue weighted by Gasteiger charge is 2.12. The summed E-state index contributed by atoms with van der Waals surface area (Å²) in [4.78, 5) is 8.23. The number of aromatic nitrogens is 4. The lowest BCUT2D eigenvalue weighted by molar-refractivity contribution is 0.936. The molecule has 5 nitrogen and oxygen atoms in total. The third-order valence-electron chi connectivity index (χ3n) is 2.89. The zero-order valence-electron chi connectivity index (χ0n) is 10.6. The summed E-state index contributed by atoms with van der Waals surface area (Å²) in [6, 6.07) is 8.08. The van der Waals surface area contributed by atoms with Crippen LogP contribution in [0.25, 0.3) is 5.78 Å². The van der Waals surface area contributed by atoms with Gasteiger partial charge in [0.05, 0.1) is 0 Å². The number of rotatable bonds is 2. The fourth-order valence-corrected chi connectivity index (χ4v) is 2.07. The number of anilines is 2. The van der Waals surface area contributed by atoms with E-state index in [1.54, 1.807) is 4.52 Å². The summed E-state index contributed by atoms with van der Waals surface area (Å²) in [6.07, 6.45) is 1.46. The first-order chi connectivity index (χ1) is 9.15. The van der Waals surface area contributed by atoms with Gasteiger partial charge in [-0.2, -0.15) is 19.6 Å². The zero-order valence-corrected chi connectivity index (χ0v) is 11.3. The van der Waals surface area contributed by atoms with E-state index in [9.17, 15) is 0 Å². The third kappa shape index (κ3) is 2.13. The molecule has 0 aliphatic rings. The quantitative estimate of drug-likeness (QED) is 0.729. The van der Waals surface area contributed by atoms with Crippen LogP contribution in [-0.4, -0.2) is 19.6 Å². The molecular weight excluding hydrogens is 262 g/mol. The smallest absolute Gasteiger partial charge is 0.255 e. The predicted octanol–water partition coefficient (Wildman–Crippen LogP) is 3.14. The fraction of sp³-hybridized carbons (Fsp3) is 0.154. The largest absolute Gasteiger partial charge is 0.340 e. The van der Waals surface area contributed by atoms with Gasteiger partial charge in [0.15, 0.2) is 0 Å². The Labute approximate surface area is 115 Å². The molecule has 0 aliphatic carbocycles. The van der Waals surface area contributed by atoms with Gasteiger partial charge in [-0.15, -0.1) is 0 Å². The summed E-state index contributed by atoms with van der Waals surface area (Å²) in [7, 11) is 0. The van der Waals surface area contributed by atoms with Crippen molar-refractivity contribution < 1.29 is 0 Å². The second-order valence-corrected chi connectivity index (χ2v) is 4.70. The number of nitrogens with one attached hydrogen (secondary N) is 1. The van der Waals surface area contributed by atoms with E-state index in [-0.39, 0.29) is 0 Å². The fourth-order valence-electron chi connectivity index (χ4n) is 1.90. The Morgan fingerprint density at radius 1 is 1.26 bits per heavy atom. The first kappa shape index (κ1) is 11.9. The summed E-state index contributed by atoms with van der Waals surface area (Å²) in [5.41, 5.74) is 2.99. The Morgan fingerprint density at radius 2 is 2.11 bits per heavy atom. The highest BCUT2D eigenvalue weighted by molar-refractivity contribution is 6.30. The Kier molecular flexibility index (Phi) is 2.83. The second-order valence-electron chi connectivity index (χ2n) is 4.34. The number of aryl methyl sites for hydroxylation is 1. The van der Waals surface area contributed by atoms with Crippen molar-refractivity contribution in [2.24, 2.45) is 0 Å².